The number of hydrogen-bond acceptors (Lipinski definition) is 4. The number of aromatic hydroxyl groups is 1. The molecule has 0 bridgehead atoms. The van der Waals surface area contributed by atoms with Gasteiger partial charge in [0.15, 0.2) is 5.69 Å². The lowest BCUT2D eigenvalue weighted by Gasteiger charge is -2.10. The molecule has 0 saturated carbocycles. The number of carbonyl (C=O) groups excluding carboxylic acids is 1. The van der Waals surface area contributed by atoms with Gasteiger partial charge in [-0.25, -0.2) is 4.98 Å². The van der Waals surface area contributed by atoms with Crippen molar-refractivity contribution in [1.29, 1.82) is 0 Å². The predicted octanol–water partition coefficient (Wildman–Crippen LogP) is 3.39. The van der Waals surface area contributed by atoms with Gasteiger partial charge < -0.3 is 15.4 Å². The Bertz CT molecular complexity index is 1080. The quantitative estimate of drug-likeness (QED) is 0.615. The van der Waals surface area contributed by atoms with Crippen LogP contribution in [-0.4, -0.2) is 27.5 Å². The zero-order valence-electron chi connectivity index (χ0n) is 15.5. The molecule has 3 rings (SSSR count). The van der Waals surface area contributed by atoms with Crippen molar-refractivity contribution in [2.45, 2.75) is 20.3 Å². The minimum absolute atomic E-state index is 0.195. The smallest absolute Gasteiger partial charge is 0.294 e. The summed E-state index contributed by atoms with van der Waals surface area (Å²) >= 11 is 5.96. The van der Waals surface area contributed by atoms with E-state index in [-0.39, 0.29) is 11.5 Å². The lowest BCUT2D eigenvalue weighted by molar-refractivity contribution is 0.0946. The summed E-state index contributed by atoms with van der Waals surface area (Å²) in [6.07, 6.45) is 0.624. The second-order valence-electron chi connectivity index (χ2n) is 6.56. The molecule has 0 spiro atoms. The monoisotopic (exact) mass is 397 g/mol. The topological polar surface area (TPSA) is 95.1 Å². The molecule has 0 atom stereocenters. The fourth-order valence-corrected chi connectivity index (χ4v) is 3.03. The largest absolute Gasteiger partial charge is 0.501 e. The van der Waals surface area contributed by atoms with Crippen molar-refractivity contribution >= 4 is 17.5 Å². The molecule has 3 N–H and O–H groups in total. The first-order valence-electron chi connectivity index (χ1n) is 8.78. The second-order valence-corrected chi connectivity index (χ2v) is 7.00. The average Bonchev–Trinajstić information content (AvgIpc) is 2.65. The molecule has 1 heterocycles. The number of benzene rings is 2. The number of halogens is 1. The second kappa shape index (κ2) is 8.27. The van der Waals surface area contributed by atoms with Gasteiger partial charge in [-0.15, -0.1) is 0 Å². The molecule has 6 nitrogen and oxygen atoms in total. The Morgan fingerprint density at radius 3 is 2.57 bits per heavy atom. The Morgan fingerprint density at radius 1 is 1.18 bits per heavy atom. The third-order valence-corrected chi connectivity index (χ3v) is 4.61. The Balaban J connectivity index is 1.80. The first kappa shape index (κ1) is 19.6. The molecule has 144 valence electrons. The molecular formula is C21H20ClN3O3. The van der Waals surface area contributed by atoms with E-state index >= 15 is 0 Å². The van der Waals surface area contributed by atoms with Crippen LogP contribution in [0.25, 0.3) is 11.4 Å². The summed E-state index contributed by atoms with van der Waals surface area (Å²) < 4.78 is 0. The maximum atomic E-state index is 12.5. The summed E-state index contributed by atoms with van der Waals surface area (Å²) in [6.45, 7) is 4.17. The number of aromatic nitrogens is 2. The standard InChI is InChI=1S/C21H20ClN3O3/c1-12-3-5-14(6-4-12)9-10-23-20(27)17-18(26)21(28)25-19(24-17)16-8-7-15(22)11-13(16)2/h3-8,11,26H,9-10H2,1-2H3,(H,23,27)(H,24,25,28). The fraction of sp³-hybridized carbons (Fsp3) is 0.190. The molecule has 0 aliphatic carbocycles. The Labute approximate surface area is 167 Å². The zero-order valence-corrected chi connectivity index (χ0v) is 16.3. The van der Waals surface area contributed by atoms with Crippen LogP contribution in [-0.2, 0) is 6.42 Å². The van der Waals surface area contributed by atoms with Gasteiger partial charge in [0.1, 0.15) is 5.82 Å². The molecule has 3 aromatic rings. The van der Waals surface area contributed by atoms with Crippen molar-refractivity contribution < 1.29 is 9.90 Å². The SMILES string of the molecule is Cc1ccc(CCNC(=O)c2nc(-c3ccc(Cl)cc3C)[nH]c(=O)c2O)cc1. The van der Waals surface area contributed by atoms with Gasteiger partial charge in [-0.05, 0) is 49.6 Å². The van der Waals surface area contributed by atoms with Crippen molar-refractivity contribution in [3.05, 3.63) is 80.2 Å². The van der Waals surface area contributed by atoms with Gasteiger partial charge in [-0.3, -0.25) is 9.59 Å². The third-order valence-electron chi connectivity index (χ3n) is 4.37. The minimum Gasteiger partial charge on any atom is -0.501 e. The molecule has 7 heteroatoms. The van der Waals surface area contributed by atoms with Crippen LogP contribution in [0.1, 0.15) is 27.2 Å². The zero-order chi connectivity index (χ0) is 20.3. The Morgan fingerprint density at radius 2 is 1.89 bits per heavy atom. The van der Waals surface area contributed by atoms with Crippen LogP contribution in [0.2, 0.25) is 5.02 Å². The molecule has 0 unspecified atom stereocenters. The summed E-state index contributed by atoms with van der Waals surface area (Å²) in [5.74, 6) is -1.12. The first-order chi connectivity index (χ1) is 13.3. The molecule has 0 fully saturated rings. The molecule has 0 aliphatic rings. The fourth-order valence-electron chi connectivity index (χ4n) is 2.80. The van der Waals surface area contributed by atoms with Gasteiger partial charge in [0.05, 0.1) is 0 Å². The van der Waals surface area contributed by atoms with Crippen LogP contribution in [0.4, 0.5) is 0 Å². The third kappa shape index (κ3) is 4.40. The lowest BCUT2D eigenvalue weighted by atomic mass is 10.1. The molecule has 28 heavy (non-hydrogen) atoms. The average molecular weight is 398 g/mol. The molecule has 0 radical (unpaired) electrons. The number of hydrogen-bond donors (Lipinski definition) is 3. The Kier molecular flexibility index (Phi) is 5.80. The van der Waals surface area contributed by atoms with Crippen LogP contribution in [0.5, 0.6) is 5.75 Å². The normalized spacial score (nSPS) is 10.7. The lowest BCUT2D eigenvalue weighted by Crippen LogP contribution is -2.28. The van der Waals surface area contributed by atoms with Crippen LogP contribution in [0.15, 0.2) is 47.3 Å². The Hall–Kier alpha value is -3.12. The van der Waals surface area contributed by atoms with E-state index in [9.17, 15) is 14.7 Å². The van der Waals surface area contributed by atoms with Gasteiger partial charge in [0.2, 0.25) is 5.75 Å². The number of carbonyl (C=O) groups is 1. The van der Waals surface area contributed by atoms with E-state index < -0.39 is 17.2 Å². The van der Waals surface area contributed by atoms with Gasteiger partial charge >= 0.3 is 0 Å². The maximum Gasteiger partial charge on any atom is 0.294 e. The highest BCUT2D eigenvalue weighted by Crippen LogP contribution is 2.23. The number of H-pyrrole nitrogens is 1. The van der Waals surface area contributed by atoms with E-state index in [1.54, 1.807) is 18.2 Å². The number of rotatable bonds is 5. The van der Waals surface area contributed by atoms with E-state index in [0.717, 1.165) is 16.7 Å². The molecule has 0 saturated heterocycles. The van der Waals surface area contributed by atoms with E-state index in [4.69, 9.17) is 11.6 Å². The number of amides is 1. The number of aryl methyl sites for hydroxylation is 2. The van der Waals surface area contributed by atoms with Crippen LogP contribution >= 0.6 is 11.6 Å². The number of nitrogens with one attached hydrogen (secondary N) is 2. The molecule has 1 amide bonds. The minimum atomic E-state index is -0.775. The summed E-state index contributed by atoms with van der Waals surface area (Å²) in [6, 6.07) is 13.1. The van der Waals surface area contributed by atoms with Crippen molar-refractivity contribution in [3.63, 3.8) is 0 Å². The van der Waals surface area contributed by atoms with Crippen molar-refractivity contribution in [1.82, 2.24) is 15.3 Å². The first-order valence-corrected chi connectivity index (χ1v) is 9.16. The van der Waals surface area contributed by atoms with Crippen molar-refractivity contribution in [2.75, 3.05) is 6.54 Å². The van der Waals surface area contributed by atoms with Gasteiger partial charge in [0, 0.05) is 17.1 Å². The van der Waals surface area contributed by atoms with E-state index in [1.807, 2.05) is 38.1 Å². The van der Waals surface area contributed by atoms with E-state index in [0.29, 0.717) is 23.6 Å². The molecule has 0 aliphatic heterocycles. The van der Waals surface area contributed by atoms with Crippen LogP contribution in [0, 0.1) is 13.8 Å². The highest BCUT2D eigenvalue weighted by atomic mass is 35.5. The van der Waals surface area contributed by atoms with Gasteiger partial charge in [0.25, 0.3) is 11.5 Å². The number of nitrogens with zero attached hydrogens (tertiary/aromatic N) is 1. The van der Waals surface area contributed by atoms with Crippen molar-refractivity contribution in [3.8, 4) is 17.1 Å². The predicted molar refractivity (Wildman–Crippen MR) is 109 cm³/mol. The maximum absolute atomic E-state index is 12.5. The van der Waals surface area contributed by atoms with Gasteiger partial charge in [-0.2, -0.15) is 0 Å². The van der Waals surface area contributed by atoms with Crippen molar-refractivity contribution in [2.24, 2.45) is 0 Å². The molecular weight excluding hydrogens is 378 g/mol. The summed E-state index contributed by atoms with van der Waals surface area (Å²) in [5.41, 5.74) is 2.56. The van der Waals surface area contributed by atoms with Crippen LogP contribution in [0.3, 0.4) is 0 Å². The summed E-state index contributed by atoms with van der Waals surface area (Å²) in [7, 11) is 0. The summed E-state index contributed by atoms with van der Waals surface area (Å²) in [5, 5.41) is 13.3. The van der Waals surface area contributed by atoms with E-state index in [2.05, 4.69) is 15.3 Å². The van der Waals surface area contributed by atoms with Gasteiger partial charge in [-0.1, -0.05) is 41.4 Å². The molecule has 2 aromatic carbocycles. The highest BCUT2D eigenvalue weighted by Gasteiger charge is 2.19. The van der Waals surface area contributed by atoms with Crippen LogP contribution < -0.4 is 10.9 Å². The number of aromatic amines is 1. The summed E-state index contributed by atoms with van der Waals surface area (Å²) in [4.78, 5) is 31.2. The highest BCUT2D eigenvalue weighted by molar-refractivity contribution is 6.30. The van der Waals surface area contributed by atoms with E-state index in [1.165, 1.54) is 0 Å². The molecule has 1 aromatic heterocycles.